The zero-order chi connectivity index (χ0) is 13.5. The van der Waals surface area contributed by atoms with Crippen LogP contribution in [-0.4, -0.2) is 35.6 Å². The molecule has 0 unspecified atom stereocenters. The Balaban J connectivity index is 2.38. The number of carboxylic acid groups (broad SMARTS) is 1. The van der Waals surface area contributed by atoms with Crippen LogP contribution < -0.4 is 5.32 Å². The van der Waals surface area contributed by atoms with E-state index in [1.54, 1.807) is 7.05 Å². The minimum atomic E-state index is -0.915. The Morgan fingerprint density at radius 2 is 2.17 bits per heavy atom. The first-order chi connectivity index (χ1) is 8.49. The molecule has 0 aliphatic carbocycles. The second-order valence-corrected chi connectivity index (χ2v) is 4.77. The molecule has 1 rings (SSSR count). The molecule has 0 fully saturated rings. The molecule has 0 atom stereocenters. The number of hydrogen-bond acceptors (Lipinski definition) is 2. The van der Waals surface area contributed by atoms with Gasteiger partial charge in [0.2, 0.25) is 0 Å². The van der Waals surface area contributed by atoms with E-state index >= 15 is 0 Å². The van der Waals surface area contributed by atoms with E-state index in [0.717, 1.165) is 10.0 Å². The minimum absolute atomic E-state index is 0.0548. The number of hydrogen-bond donors (Lipinski definition) is 2. The van der Waals surface area contributed by atoms with Crippen LogP contribution in [0.2, 0.25) is 0 Å². The molecule has 98 valence electrons. The molecule has 0 aromatic heterocycles. The Bertz CT molecular complexity index is 437. The van der Waals surface area contributed by atoms with Crippen molar-refractivity contribution in [2.24, 2.45) is 0 Å². The van der Waals surface area contributed by atoms with Gasteiger partial charge in [0.1, 0.15) is 0 Å². The molecule has 0 aliphatic rings. The van der Waals surface area contributed by atoms with E-state index in [2.05, 4.69) is 21.2 Å². The van der Waals surface area contributed by atoms with Crippen LogP contribution in [-0.2, 0) is 11.3 Å². The van der Waals surface area contributed by atoms with Gasteiger partial charge in [0, 0.05) is 24.6 Å². The molecule has 2 amide bonds. The number of halogens is 1. The van der Waals surface area contributed by atoms with Gasteiger partial charge in [-0.05, 0) is 17.7 Å². The summed E-state index contributed by atoms with van der Waals surface area (Å²) < 4.78 is 0.952. The summed E-state index contributed by atoms with van der Waals surface area (Å²) in [5.74, 6) is -0.915. The molecule has 0 bridgehead atoms. The number of carbonyl (C=O) groups is 2. The summed E-state index contributed by atoms with van der Waals surface area (Å²) in [4.78, 5) is 23.4. The molecule has 0 saturated heterocycles. The van der Waals surface area contributed by atoms with Crippen LogP contribution in [0.1, 0.15) is 12.0 Å². The van der Waals surface area contributed by atoms with Crippen molar-refractivity contribution in [1.29, 1.82) is 0 Å². The quantitative estimate of drug-likeness (QED) is 0.874. The Hall–Kier alpha value is -1.56. The van der Waals surface area contributed by atoms with Crippen molar-refractivity contribution in [2.75, 3.05) is 13.6 Å². The third-order valence-corrected chi connectivity index (χ3v) is 2.83. The van der Waals surface area contributed by atoms with Gasteiger partial charge in [-0.15, -0.1) is 0 Å². The third-order valence-electron chi connectivity index (χ3n) is 2.34. The van der Waals surface area contributed by atoms with Crippen LogP contribution >= 0.6 is 15.9 Å². The number of amides is 2. The van der Waals surface area contributed by atoms with E-state index in [1.165, 1.54) is 4.90 Å². The lowest BCUT2D eigenvalue weighted by Gasteiger charge is -2.16. The van der Waals surface area contributed by atoms with Crippen LogP contribution in [0.25, 0.3) is 0 Å². The first-order valence-corrected chi connectivity index (χ1v) is 6.23. The normalized spacial score (nSPS) is 9.89. The summed E-state index contributed by atoms with van der Waals surface area (Å²) in [5, 5.41) is 11.2. The fraction of sp³-hybridized carbons (Fsp3) is 0.333. The highest BCUT2D eigenvalue weighted by Gasteiger charge is 2.09. The maximum atomic E-state index is 11.6. The van der Waals surface area contributed by atoms with Crippen molar-refractivity contribution in [3.63, 3.8) is 0 Å². The van der Waals surface area contributed by atoms with Gasteiger partial charge in [-0.25, -0.2) is 4.79 Å². The maximum absolute atomic E-state index is 11.6. The molecule has 0 spiro atoms. The topological polar surface area (TPSA) is 69.6 Å². The van der Waals surface area contributed by atoms with E-state index in [-0.39, 0.29) is 19.0 Å². The van der Waals surface area contributed by atoms with E-state index in [4.69, 9.17) is 5.11 Å². The summed E-state index contributed by atoms with van der Waals surface area (Å²) in [6.07, 6.45) is -0.0548. The Kier molecular flexibility index (Phi) is 5.64. The number of aliphatic carboxylic acids is 1. The zero-order valence-electron chi connectivity index (χ0n) is 10.0. The molecule has 1 aromatic carbocycles. The highest BCUT2D eigenvalue weighted by molar-refractivity contribution is 9.10. The number of urea groups is 1. The summed E-state index contributed by atoms with van der Waals surface area (Å²) in [6.45, 7) is 0.606. The molecular weight excluding hydrogens is 300 g/mol. The summed E-state index contributed by atoms with van der Waals surface area (Å²) in [6, 6.07) is 7.33. The third kappa shape index (κ3) is 5.18. The van der Waals surface area contributed by atoms with E-state index in [0.29, 0.717) is 6.54 Å². The van der Waals surface area contributed by atoms with E-state index in [9.17, 15) is 9.59 Å². The molecule has 5 nitrogen and oxygen atoms in total. The van der Waals surface area contributed by atoms with Crippen LogP contribution in [0.15, 0.2) is 28.7 Å². The van der Waals surface area contributed by atoms with Crippen LogP contribution in [0.4, 0.5) is 4.79 Å². The van der Waals surface area contributed by atoms with Gasteiger partial charge in [-0.2, -0.15) is 0 Å². The van der Waals surface area contributed by atoms with Crippen molar-refractivity contribution >= 4 is 27.9 Å². The number of benzene rings is 1. The largest absolute Gasteiger partial charge is 0.481 e. The van der Waals surface area contributed by atoms with Crippen molar-refractivity contribution in [3.05, 3.63) is 34.3 Å². The van der Waals surface area contributed by atoms with Gasteiger partial charge in [-0.3, -0.25) is 4.79 Å². The number of carbonyl (C=O) groups excluding carboxylic acids is 1. The SMILES string of the molecule is CN(CCC(=O)O)C(=O)NCc1cccc(Br)c1. The lowest BCUT2D eigenvalue weighted by Crippen LogP contribution is -2.37. The molecule has 0 saturated carbocycles. The minimum Gasteiger partial charge on any atom is -0.481 e. The number of rotatable bonds is 5. The number of nitrogens with one attached hydrogen (secondary N) is 1. The predicted molar refractivity (Wildman–Crippen MR) is 71.3 cm³/mol. The van der Waals surface area contributed by atoms with Crippen molar-refractivity contribution in [1.82, 2.24) is 10.2 Å². The Labute approximate surface area is 114 Å². The zero-order valence-corrected chi connectivity index (χ0v) is 11.6. The Morgan fingerprint density at radius 1 is 1.44 bits per heavy atom. The molecule has 2 N–H and O–H groups in total. The standard InChI is InChI=1S/C12H15BrN2O3/c1-15(6-5-11(16)17)12(18)14-8-9-3-2-4-10(13)7-9/h2-4,7H,5-6,8H2,1H3,(H,14,18)(H,16,17). The molecule has 18 heavy (non-hydrogen) atoms. The lowest BCUT2D eigenvalue weighted by molar-refractivity contribution is -0.137. The van der Waals surface area contributed by atoms with Gasteiger partial charge in [0.25, 0.3) is 0 Å². The fourth-order valence-electron chi connectivity index (χ4n) is 1.32. The van der Waals surface area contributed by atoms with Crippen LogP contribution in [0.5, 0.6) is 0 Å². The lowest BCUT2D eigenvalue weighted by atomic mass is 10.2. The summed E-state index contributed by atoms with van der Waals surface area (Å²) >= 11 is 3.35. The van der Waals surface area contributed by atoms with Gasteiger partial charge >= 0.3 is 12.0 Å². The molecule has 6 heteroatoms. The second-order valence-electron chi connectivity index (χ2n) is 3.85. The van der Waals surface area contributed by atoms with Gasteiger partial charge in [0.15, 0.2) is 0 Å². The van der Waals surface area contributed by atoms with Gasteiger partial charge in [0.05, 0.1) is 6.42 Å². The molecular formula is C12H15BrN2O3. The van der Waals surface area contributed by atoms with Gasteiger partial charge in [-0.1, -0.05) is 28.1 Å². The van der Waals surface area contributed by atoms with Crippen LogP contribution in [0.3, 0.4) is 0 Å². The van der Waals surface area contributed by atoms with Crippen LogP contribution in [0, 0.1) is 0 Å². The van der Waals surface area contributed by atoms with Gasteiger partial charge < -0.3 is 15.3 Å². The molecule has 0 radical (unpaired) electrons. The second kappa shape index (κ2) is 7.00. The van der Waals surface area contributed by atoms with Crippen molar-refractivity contribution in [2.45, 2.75) is 13.0 Å². The molecule has 0 heterocycles. The first-order valence-electron chi connectivity index (χ1n) is 5.44. The summed E-state index contributed by atoms with van der Waals surface area (Å²) in [5.41, 5.74) is 0.976. The fourth-order valence-corrected chi connectivity index (χ4v) is 1.77. The molecule has 0 aliphatic heterocycles. The number of nitrogens with zero attached hydrogens (tertiary/aromatic N) is 1. The van der Waals surface area contributed by atoms with E-state index in [1.807, 2.05) is 24.3 Å². The average Bonchev–Trinajstić information content (AvgIpc) is 2.33. The average molecular weight is 315 g/mol. The highest BCUT2D eigenvalue weighted by atomic mass is 79.9. The van der Waals surface area contributed by atoms with E-state index < -0.39 is 5.97 Å². The van der Waals surface area contributed by atoms with Crippen molar-refractivity contribution < 1.29 is 14.7 Å². The Morgan fingerprint density at radius 3 is 2.78 bits per heavy atom. The number of carboxylic acids is 1. The smallest absolute Gasteiger partial charge is 0.317 e. The molecule has 1 aromatic rings. The first kappa shape index (κ1) is 14.5. The summed E-state index contributed by atoms with van der Waals surface area (Å²) in [7, 11) is 1.57. The monoisotopic (exact) mass is 314 g/mol. The predicted octanol–water partition coefficient (Wildman–Crippen LogP) is 2.07. The maximum Gasteiger partial charge on any atom is 0.317 e. The van der Waals surface area contributed by atoms with Crippen molar-refractivity contribution in [3.8, 4) is 0 Å². The highest BCUT2D eigenvalue weighted by Crippen LogP contribution is 2.11.